The van der Waals surface area contributed by atoms with E-state index in [4.69, 9.17) is 0 Å². The van der Waals surface area contributed by atoms with Crippen molar-refractivity contribution in [1.29, 1.82) is 0 Å². The van der Waals surface area contributed by atoms with Gasteiger partial charge in [0.2, 0.25) is 0 Å². The first-order valence-electron chi connectivity index (χ1n) is 7.44. The van der Waals surface area contributed by atoms with Crippen molar-refractivity contribution in [2.45, 2.75) is 52.5 Å². The molecule has 0 radical (unpaired) electrons. The Morgan fingerprint density at radius 1 is 1.25 bits per heavy atom. The van der Waals surface area contributed by atoms with Crippen LogP contribution in [0.2, 0.25) is 0 Å². The summed E-state index contributed by atoms with van der Waals surface area (Å²) in [6.45, 7) is 5.54. The van der Waals surface area contributed by atoms with E-state index in [1.165, 1.54) is 25.8 Å². The van der Waals surface area contributed by atoms with Crippen LogP contribution in [0.3, 0.4) is 0 Å². The first-order chi connectivity index (χ1) is 9.40. The molecule has 1 saturated carbocycles. The largest absolute Gasteiger partial charge is 0.371 e. The molecule has 3 heteroatoms. The van der Waals surface area contributed by atoms with Gasteiger partial charge in [-0.05, 0) is 63.1 Å². The van der Waals surface area contributed by atoms with Crippen LogP contribution in [0.5, 0.6) is 0 Å². The smallest absolute Gasteiger partial charge is 0.161 e. The highest BCUT2D eigenvalue weighted by molar-refractivity contribution is 6.00. The number of ketones is 1. The number of hydrogen-bond donors (Lipinski definition) is 0. The number of benzene rings is 1. The fourth-order valence-electron chi connectivity index (χ4n) is 3.07. The van der Waals surface area contributed by atoms with Crippen LogP contribution >= 0.6 is 0 Å². The van der Waals surface area contributed by atoms with Gasteiger partial charge < -0.3 is 4.90 Å². The molecule has 0 heterocycles. The van der Waals surface area contributed by atoms with Gasteiger partial charge in [0.25, 0.3) is 0 Å². The maximum Gasteiger partial charge on any atom is 0.161 e. The Bertz CT molecular complexity index is 504. The molecule has 0 unspecified atom stereocenters. The molecule has 20 heavy (non-hydrogen) atoms. The van der Waals surface area contributed by atoms with Crippen molar-refractivity contribution in [1.82, 2.24) is 0 Å². The van der Waals surface area contributed by atoms with Crippen molar-refractivity contribution < 1.29 is 9.18 Å². The number of rotatable bonds is 3. The molecule has 1 fully saturated rings. The normalized spacial score (nSPS) is 22.6. The highest BCUT2D eigenvalue weighted by Gasteiger charge is 2.24. The molecular weight excluding hydrogens is 253 g/mol. The average molecular weight is 277 g/mol. The van der Waals surface area contributed by atoms with Crippen LogP contribution in [0, 0.1) is 18.7 Å². The summed E-state index contributed by atoms with van der Waals surface area (Å²) < 4.78 is 13.7. The Balaban J connectivity index is 2.31. The molecule has 0 amide bonds. The molecule has 1 aliphatic carbocycles. The third-order valence-electron chi connectivity index (χ3n) is 4.57. The Kier molecular flexibility index (Phi) is 4.46. The number of aryl methyl sites for hydroxylation is 1. The second-order valence-electron chi connectivity index (χ2n) is 6.20. The summed E-state index contributed by atoms with van der Waals surface area (Å²) in [7, 11) is 2.03. The number of Topliss-reactive ketones (excluding diaryl/α,β-unsaturated/α-hetero) is 1. The highest BCUT2D eigenvalue weighted by Crippen LogP contribution is 2.32. The van der Waals surface area contributed by atoms with Gasteiger partial charge in [0, 0.05) is 24.3 Å². The zero-order valence-electron chi connectivity index (χ0n) is 12.9. The van der Waals surface area contributed by atoms with Crippen molar-refractivity contribution >= 4 is 11.5 Å². The molecule has 0 bridgehead atoms. The lowest BCUT2D eigenvalue weighted by atomic mass is 9.86. The third kappa shape index (κ3) is 3.02. The molecule has 1 aromatic carbocycles. The zero-order chi connectivity index (χ0) is 14.9. The van der Waals surface area contributed by atoms with Crippen molar-refractivity contribution in [3.8, 4) is 0 Å². The molecule has 0 atom stereocenters. The summed E-state index contributed by atoms with van der Waals surface area (Å²) in [5.74, 6) is 0.418. The lowest BCUT2D eigenvalue weighted by molar-refractivity contribution is 0.101. The second-order valence-corrected chi connectivity index (χ2v) is 6.20. The first kappa shape index (κ1) is 15.0. The topological polar surface area (TPSA) is 20.3 Å². The van der Waals surface area contributed by atoms with Gasteiger partial charge in [-0.1, -0.05) is 6.92 Å². The van der Waals surface area contributed by atoms with E-state index in [2.05, 4.69) is 11.8 Å². The van der Waals surface area contributed by atoms with E-state index >= 15 is 0 Å². The summed E-state index contributed by atoms with van der Waals surface area (Å²) in [4.78, 5) is 14.0. The number of carbonyl (C=O) groups is 1. The Morgan fingerprint density at radius 3 is 2.40 bits per heavy atom. The van der Waals surface area contributed by atoms with E-state index < -0.39 is 0 Å². The van der Waals surface area contributed by atoms with Crippen molar-refractivity contribution in [2.24, 2.45) is 5.92 Å². The molecule has 1 aliphatic rings. The number of carbonyl (C=O) groups excluding carboxylic acids is 1. The van der Waals surface area contributed by atoms with E-state index in [9.17, 15) is 9.18 Å². The number of nitrogens with zero attached hydrogens (tertiary/aromatic N) is 1. The van der Waals surface area contributed by atoms with E-state index in [1.54, 1.807) is 6.92 Å². The van der Waals surface area contributed by atoms with Crippen molar-refractivity contribution in [2.75, 3.05) is 11.9 Å². The molecule has 0 N–H and O–H groups in total. The first-order valence-corrected chi connectivity index (χ1v) is 7.44. The van der Waals surface area contributed by atoms with Gasteiger partial charge in [-0.25, -0.2) is 4.39 Å². The summed E-state index contributed by atoms with van der Waals surface area (Å²) in [5.41, 5.74) is 1.96. The van der Waals surface area contributed by atoms with Gasteiger partial charge in [-0.2, -0.15) is 0 Å². The zero-order valence-corrected chi connectivity index (χ0v) is 12.9. The van der Waals surface area contributed by atoms with Crippen LogP contribution in [0.25, 0.3) is 0 Å². The Morgan fingerprint density at radius 2 is 1.85 bits per heavy atom. The van der Waals surface area contributed by atoms with Gasteiger partial charge in [0.05, 0.1) is 0 Å². The molecule has 0 aliphatic heterocycles. The third-order valence-corrected chi connectivity index (χ3v) is 4.57. The number of anilines is 1. The lowest BCUT2D eigenvalue weighted by Gasteiger charge is -2.36. The van der Waals surface area contributed by atoms with E-state index in [-0.39, 0.29) is 11.6 Å². The maximum atomic E-state index is 13.7. The predicted molar refractivity (Wildman–Crippen MR) is 81.0 cm³/mol. The van der Waals surface area contributed by atoms with Crippen LogP contribution in [-0.4, -0.2) is 18.9 Å². The molecule has 0 aromatic heterocycles. The fourth-order valence-corrected chi connectivity index (χ4v) is 3.07. The highest BCUT2D eigenvalue weighted by atomic mass is 19.1. The fraction of sp³-hybridized carbons (Fsp3) is 0.588. The molecule has 0 spiro atoms. The monoisotopic (exact) mass is 277 g/mol. The minimum Gasteiger partial charge on any atom is -0.371 e. The summed E-state index contributed by atoms with van der Waals surface area (Å²) in [5, 5.41) is 0. The standard InChI is InChI=1S/C17H24FNO/c1-11-5-7-14(8-6-11)19(4)17-9-12(2)16(18)10-15(17)13(3)20/h9-11,14H,5-8H2,1-4H3. The van der Waals surface area contributed by atoms with Crippen LogP contribution in [0.4, 0.5) is 10.1 Å². The number of halogens is 1. The maximum absolute atomic E-state index is 13.7. The van der Waals surface area contributed by atoms with Gasteiger partial charge in [0.1, 0.15) is 5.82 Å². The second kappa shape index (κ2) is 5.94. The van der Waals surface area contributed by atoms with Crippen LogP contribution in [0.1, 0.15) is 55.5 Å². The van der Waals surface area contributed by atoms with Gasteiger partial charge >= 0.3 is 0 Å². The van der Waals surface area contributed by atoms with E-state index in [1.807, 2.05) is 13.1 Å². The van der Waals surface area contributed by atoms with Crippen molar-refractivity contribution in [3.63, 3.8) is 0 Å². The van der Waals surface area contributed by atoms with Gasteiger partial charge in [-0.15, -0.1) is 0 Å². The van der Waals surface area contributed by atoms with Crippen LogP contribution in [0.15, 0.2) is 12.1 Å². The Hall–Kier alpha value is -1.38. The lowest BCUT2D eigenvalue weighted by Crippen LogP contribution is -2.35. The number of hydrogen-bond acceptors (Lipinski definition) is 2. The molecule has 110 valence electrons. The molecule has 0 saturated heterocycles. The van der Waals surface area contributed by atoms with Crippen LogP contribution < -0.4 is 4.90 Å². The van der Waals surface area contributed by atoms with E-state index in [0.29, 0.717) is 17.2 Å². The molecule has 1 aromatic rings. The predicted octanol–water partition coefficient (Wildman–Crippen LogP) is 4.35. The Labute approximate surface area is 121 Å². The summed E-state index contributed by atoms with van der Waals surface area (Å²) in [6, 6.07) is 3.65. The molecule has 2 nitrogen and oxygen atoms in total. The van der Waals surface area contributed by atoms with Gasteiger partial charge in [0.15, 0.2) is 5.78 Å². The minimum absolute atomic E-state index is 0.0741. The minimum atomic E-state index is -0.301. The molecular formula is C17H24FNO. The SMILES string of the molecule is CC(=O)c1cc(F)c(C)cc1N(C)C1CCC(C)CC1. The average Bonchev–Trinajstić information content (AvgIpc) is 2.41. The molecule has 2 rings (SSSR count). The van der Waals surface area contributed by atoms with Crippen molar-refractivity contribution in [3.05, 3.63) is 29.1 Å². The summed E-state index contributed by atoms with van der Waals surface area (Å²) in [6.07, 6.45) is 4.74. The quantitative estimate of drug-likeness (QED) is 0.765. The summed E-state index contributed by atoms with van der Waals surface area (Å²) >= 11 is 0. The van der Waals surface area contributed by atoms with Gasteiger partial charge in [-0.3, -0.25) is 4.79 Å². The van der Waals surface area contributed by atoms with E-state index in [0.717, 1.165) is 24.4 Å². The van der Waals surface area contributed by atoms with Crippen LogP contribution in [-0.2, 0) is 0 Å².